The van der Waals surface area contributed by atoms with Gasteiger partial charge in [0, 0.05) is 13.1 Å². The van der Waals surface area contributed by atoms with Gasteiger partial charge in [-0.15, -0.1) is 0 Å². The first-order chi connectivity index (χ1) is 12.6. The highest BCUT2D eigenvalue weighted by atomic mass is 32.2. The lowest BCUT2D eigenvalue weighted by Crippen LogP contribution is -2.37. The van der Waals surface area contributed by atoms with Crippen molar-refractivity contribution in [1.29, 1.82) is 0 Å². The van der Waals surface area contributed by atoms with Crippen LogP contribution in [-0.4, -0.2) is 32.1 Å². The number of carbonyl (C=O) groups is 1. The van der Waals surface area contributed by atoms with Gasteiger partial charge >= 0.3 is 16.1 Å². The van der Waals surface area contributed by atoms with Crippen molar-refractivity contribution in [2.45, 2.75) is 20.4 Å². The second-order valence-electron chi connectivity index (χ2n) is 6.62. The standard InChI is InChI=1S/C19H23FN2O4S/c1-14(2)12-22(19(23)21-18-7-5-4-6-17(18)20)13-15-8-10-16(11-9-15)26-27(3,24)25/h4-11,14H,12-13H2,1-3H3,(H,21,23). The van der Waals surface area contributed by atoms with Crippen LogP contribution >= 0.6 is 0 Å². The Labute approximate surface area is 159 Å². The van der Waals surface area contributed by atoms with Crippen LogP contribution in [0.1, 0.15) is 19.4 Å². The second kappa shape index (κ2) is 8.85. The van der Waals surface area contributed by atoms with E-state index in [0.717, 1.165) is 11.8 Å². The number of amides is 2. The fourth-order valence-electron chi connectivity index (χ4n) is 2.46. The Morgan fingerprint density at radius 1 is 1.15 bits per heavy atom. The van der Waals surface area contributed by atoms with Crippen molar-refractivity contribution in [2.24, 2.45) is 5.92 Å². The molecular formula is C19H23FN2O4S. The first-order valence-electron chi connectivity index (χ1n) is 8.43. The Bertz CT molecular complexity index is 883. The number of hydrogen-bond acceptors (Lipinski definition) is 4. The number of halogens is 1. The Morgan fingerprint density at radius 2 is 1.78 bits per heavy atom. The topological polar surface area (TPSA) is 75.7 Å². The average molecular weight is 394 g/mol. The quantitative estimate of drug-likeness (QED) is 0.724. The van der Waals surface area contributed by atoms with Crippen LogP contribution in [0.3, 0.4) is 0 Å². The van der Waals surface area contributed by atoms with Gasteiger partial charge in [0.15, 0.2) is 0 Å². The summed E-state index contributed by atoms with van der Waals surface area (Å²) in [6.45, 7) is 4.72. The van der Waals surface area contributed by atoms with Crippen molar-refractivity contribution < 1.29 is 21.8 Å². The van der Waals surface area contributed by atoms with E-state index >= 15 is 0 Å². The maximum Gasteiger partial charge on any atom is 0.322 e. The van der Waals surface area contributed by atoms with Gasteiger partial charge in [-0.1, -0.05) is 38.1 Å². The molecule has 0 saturated carbocycles. The van der Waals surface area contributed by atoms with Crippen LogP contribution in [0.5, 0.6) is 5.75 Å². The molecule has 0 aromatic heterocycles. The van der Waals surface area contributed by atoms with Crippen LogP contribution in [0.15, 0.2) is 48.5 Å². The molecule has 0 atom stereocenters. The third-order valence-corrected chi connectivity index (χ3v) is 4.03. The van der Waals surface area contributed by atoms with Crippen LogP contribution in [0.25, 0.3) is 0 Å². The van der Waals surface area contributed by atoms with Crippen molar-refractivity contribution in [3.8, 4) is 5.75 Å². The summed E-state index contributed by atoms with van der Waals surface area (Å²) in [5.74, 6) is -0.0886. The van der Waals surface area contributed by atoms with Crippen LogP contribution in [-0.2, 0) is 16.7 Å². The van der Waals surface area contributed by atoms with Gasteiger partial charge in [0.25, 0.3) is 0 Å². The maximum atomic E-state index is 13.8. The SMILES string of the molecule is CC(C)CN(Cc1ccc(OS(C)(=O)=O)cc1)C(=O)Nc1ccccc1F. The van der Waals surface area contributed by atoms with Gasteiger partial charge in [-0.3, -0.25) is 0 Å². The lowest BCUT2D eigenvalue weighted by molar-refractivity contribution is 0.201. The van der Waals surface area contributed by atoms with Gasteiger partial charge in [0.2, 0.25) is 0 Å². The lowest BCUT2D eigenvalue weighted by atomic mass is 10.1. The Hall–Kier alpha value is -2.61. The number of benzene rings is 2. The molecule has 0 heterocycles. The fraction of sp³-hybridized carbons (Fsp3) is 0.316. The molecule has 0 radical (unpaired) electrons. The number of urea groups is 1. The van der Waals surface area contributed by atoms with Crippen LogP contribution in [0.4, 0.5) is 14.9 Å². The van der Waals surface area contributed by atoms with Gasteiger partial charge in [-0.05, 0) is 35.7 Å². The van der Waals surface area contributed by atoms with E-state index in [1.54, 1.807) is 29.2 Å². The molecule has 2 aromatic rings. The highest BCUT2D eigenvalue weighted by Gasteiger charge is 2.17. The van der Waals surface area contributed by atoms with Crippen LogP contribution in [0.2, 0.25) is 0 Å². The zero-order valence-corrected chi connectivity index (χ0v) is 16.3. The molecule has 0 spiro atoms. The summed E-state index contributed by atoms with van der Waals surface area (Å²) in [5, 5.41) is 2.59. The van der Waals surface area contributed by atoms with Crippen LogP contribution in [0, 0.1) is 11.7 Å². The van der Waals surface area contributed by atoms with Crippen molar-refractivity contribution in [2.75, 3.05) is 18.1 Å². The van der Waals surface area contributed by atoms with Crippen molar-refractivity contribution in [3.63, 3.8) is 0 Å². The highest BCUT2D eigenvalue weighted by Crippen LogP contribution is 2.18. The summed E-state index contributed by atoms with van der Waals surface area (Å²) in [5.41, 5.74) is 0.911. The number of carbonyl (C=O) groups excluding carboxylic acids is 1. The second-order valence-corrected chi connectivity index (χ2v) is 8.19. The summed E-state index contributed by atoms with van der Waals surface area (Å²) in [7, 11) is -3.59. The van der Waals surface area contributed by atoms with Gasteiger partial charge in [-0.2, -0.15) is 8.42 Å². The summed E-state index contributed by atoms with van der Waals surface area (Å²) >= 11 is 0. The molecule has 0 saturated heterocycles. The van der Waals surface area contributed by atoms with E-state index in [2.05, 4.69) is 5.32 Å². The maximum absolute atomic E-state index is 13.8. The molecule has 2 amide bonds. The zero-order chi connectivity index (χ0) is 20.0. The normalized spacial score (nSPS) is 11.3. The third kappa shape index (κ3) is 6.90. The van der Waals surface area contributed by atoms with Crippen molar-refractivity contribution >= 4 is 21.8 Å². The fourth-order valence-corrected chi connectivity index (χ4v) is 2.92. The van der Waals surface area contributed by atoms with Crippen molar-refractivity contribution in [3.05, 3.63) is 59.9 Å². The van der Waals surface area contributed by atoms with E-state index in [1.807, 2.05) is 13.8 Å². The lowest BCUT2D eigenvalue weighted by Gasteiger charge is -2.25. The largest absolute Gasteiger partial charge is 0.383 e. The Morgan fingerprint density at radius 3 is 2.33 bits per heavy atom. The Kier molecular flexibility index (Phi) is 6.79. The molecule has 0 fully saturated rings. The summed E-state index contributed by atoms with van der Waals surface area (Å²) < 4.78 is 40.9. The monoisotopic (exact) mass is 394 g/mol. The van der Waals surface area contributed by atoms with Gasteiger partial charge in [0.05, 0.1) is 11.9 Å². The van der Waals surface area contributed by atoms with Crippen molar-refractivity contribution in [1.82, 2.24) is 4.90 Å². The molecule has 27 heavy (non-hydrogen) atoms. The molecule has 0 aliphatic carbocycles. The van der Waals surface area contributed by atoms with E-state index in [4.69, 9.17) is 4.18 Å². The minimum atomic E-state index is -3.59. The number of nitrogens with one attached hydrogen (secondary N) is 1. The zero-order valence-electron chi connectivity index (χ0n) is 15.5. The summed E-state index contributed by atoms with van der Waals surface area (Å²) in [4.78, 5) is 14.2. The Balaban J connectivity index is 2.11. The molecule has 0 bridgehead atoms. The van der Waals surface area contributed by atoms with Gasteiger partial charge in [-0.25, -0.2) is 9.18 Å². The molecule has 0 aliphatic rings. The predicted molar refractivity (Wildman–Crippen MR) is 103 cm³/mol. The van der Waals surface area contributed by atoms with E-state index in [-0.39, 0.29) is 23.9 Å². The van der Waals surface area contributed by atoms with E-state index in [1.165, 1.54) is 24.3 Å². The number of hydrogen-bond donors (Lipinski definition) is 1. The van der Waals surface area contributed by atoms with E-state index in [0.29, 0.717) is 6.54 Å². The molecule has 8 heteroatoms. The number of anilines is 1. The molecule has 2 rings (SSSR count). The minimum absolute atomic E-state index is 0.119. The summed E-state index contributed by atoms with van der Waals surface area (Å²) in [6, 6.07) is 12.0. The van der Waals surface area contributed by atoms with E-state index in [9.17, 15) is 17.6 Å². The summed E-state index contributed by atoms with van der Waals surface area (Å²) in [6.07, 6.45) is 0.971. The van der Waals surface area contributed by atoms with Gasteiger partial charge < -0.3 is 14.4 Å². The highest BCUT2D eigenvalue weighted by molar-refractivity contribution is 7.86. The van der Waals surface area contributed by atoms with Gasteiger partial charge in [0.1, 0.15) is 11.6 Å². The first-order valence-corrected chi connectivity index (χ1v) is 10.2. The van der Waals surface area contributed by atoms with E-state index < -0.39 is 22.0 Å². The molecular weight excluding hydrogens is 371 g/mol. The number of rotatable bonds is 7. The molecule has 6 nitrogen and oxygen atoms in total. The third-order valence-electron chi connectivity index (χ3n) is 3.53. The predicted octanol–water partition coefficient (Wildman–Crippen LogP) is 3.85. The molecule has 0 unspecified atom stereocenters. The number of nitrogens with zero attached hydrogens (tertiary/aromatic N) is 1. The van der Waals surface area contributed by atoms with Crippen LogP contribution < -0.4 is 9.50 Å². The average Bonchev–Trinajstić information content (AvgIpc) is 2.56. The smallest absolute Gasteiger partial charge is 0.322 e. The first kappa shape index (κ1) is 20.7. The molecule has 1 N–H and O–H groups in total. The molecule has 146 valence electrons. The molecule has 2 aromatic carbocycles. The molecule has 0 aliphatic heterocycles. The minimum Gasteiger partial charge on any atom is -0.383 e. The number of para-hydroxylation sites is 1.